The molecule has 1 heterocycles. The summed E-state index contributed by atoms with van der Waals surface area (Å²) in [6, 6.07) is 0. The number of amides is 1. The van der Waals surface area contributed by atoms with Crippen molar-refractivity contribution < 1.29 is 4.79 Å². The van der Waals surface area contributed by atoms with Gasteiger partial charge in [0.2, 0.25) is 0 Å². The molecule has 0 aromatic carbocycles. The number of halogens is 1. The minimum Gasteiger partial charge on any atom is -0.351 e. The number of aromatic nitrogens is 2. The minimum absolute atomic E-state index is 0.140. The van der Waals surface area contributed by atoms with E-state index in [1.165, 1.54) is 50.9 Å². The summed E-state index contributed by atoms with van der Waals surface area (Å²) in [4.78, 5) is 19.6. The summed E-state index contributed by atoms with van der Waals surface area (Å²) in [7, 11) is 0. The van der Waals surface area contributed by atoms with Gasteiger partial charge in [-0.2, -0.15) is 0 Å². The highest BCUT2D eigenvalue weighted by molar-refractivity contribution is 6.32. The third kappa shape index (κ3) is 8.29. The van der Waals surface area contributed by atoms with Crippen LogP contribution in [0.4, 0.5) is 0 Å². The van der Waals surface area contributed by atoms with E-state index in [0.29, 0.717) is 6.54 Å². The van der Waals surface area contributed by atoms with Gasteiger partial charge in [-0.1, -0.05) is 50.6 Å². The van der Waals surface area contributed by atoms with Gasteiger partial charge >= 0.3 is 0 Å². The molecule has 1 aromatic heterocycles. The van der Waals surface area contributed by atoms with Gasteiger partial charge in [-0.25, -0.2) is 9.97 Å². The average molecular weight is 327 g/mol. The van der Waals surface area contributed by atoms with E-state index in [1.54, 1.807) is 0 Å². The highest BCUT2D eigenvalue weighted by atomic mass is 35.5. The Bertz CT molecular complexity index is 428. The fourth-order valence-corrected chi connectivity index (χ4v) is 2.32. The summed E-state index contributed by atoms with van der Waals surface area (Å²) < 4.78 is 0. The van der Waals surface area contributed by atoms with E-state index in [1.807, 2.05) is 0 Å². The van der Waals surface area contributed by atoms with Crippen molar-refractivity contribution in [3.63, 3.8) is 0 Å². The van der Waals surface area contributed by atoms with Gasteiger partial charge in [0, 0.05) is 18.9 Å². The van der Waals surface area contributed by atoms with Crippen molar-refractivity contribution in [3.05, 3.63) is 23.2 Å². The van der Waals surface area contributed by atoms with Crippen molar-refractivity contribution in [1.29, 1.82) is 0 Å². The first-order valence-corrected chi connectivity index (χ1v) is 8.59. The van der Waals surface area contributed by atoms with Crippen LogP contribution >= 0.6 is 11.6 Å². The van der Waals surface area contributed by atoms with Crippen molar-refractivity contribution in [3.8, 4) is 0 Å². The van der Waals surface area contributed by atoms with E-state index < -0.39 is 0 Å². The highest BCUT2D eigenvalue weighted by Crippen LogP contribution is 2.07. The molecule has 0 atom stereocenters. The molecule has 0 fully saturated rings. The Hall–Kier alpha value is -1.20. The number of hydrogen-bond acceptors (Lipinski definition) is 4. The topological polar surface area (TPSA) is 66.9 Å². The van der Waals surface area contributed by atoms with Gasteiger partial charge in [-0.05, 0) is 25.9 Å². The van der Waals surface area contributed by atoms with Gasteiger partial charge in [0.1, 0.15) is 0 Å². The maximum atomic E-state index is 11.8. The quantitative estimate of drug-likeness (QED) is 0.579. The second kappa shape index (κ2) is 12.4. The predicted molar refractivity (Wildman–Crippen MR) is 90.2 cm³/mol. The fraction of sp³-hybridized carbons (Fsp3) is 0.688. The molecule has 124 valence electrons. The van der Waals surface area contributed by atoms with E-state index in [4.69, 9.17) is 11.6 Å². The van der Waals surface area contributed by atoms with Crippen LogP contribution in [0.15, 0.2) is 12.4 Å². The van der Waals surface area contributed by atoms with Gasteiger partial charge in [0.25, 0.3) is 5.91 Å². The molecule has 22 heavy (non-hydrogen) atoms. The second-order valence-electron chi connectivity index (χ2n) is 5.32. The lowest BCUT2D eigenvalue weighted by molar-refractivity contribution is 0.0948. The van der Waals surface area contributed by atoms with Gasteiger partial charge in [-0.15, -0.1) is 0 Å². The van der Waals surface area contributed by atoms with Gasteiger partial charge in [0.05, 0.1) is 0 Å². The Morgan fingerprint density at radius 3 is 2.45 bits per heavy atom. The zero-order valence-corrected chi connectivity index (χ0v) is 14.2. The number of carbonyl (C=O) groups excluding carboxylic acids is 1. The molecule has 0 bridgehead atoms. The first-order valence-electron chi connectivity index (χ1n) is 8.21. The summed E-state index contributed by atoms with van der Waals surface area (Å²) >= 11 is 5.81. The zero-order valence-electron chi connectivity index (χ0n) is 13.4. The largest absolute Gasteiger partial charge is 0.351 e. The predicted octanol–water partition coefficient (Wildman–Crippen LogP) is 3.20. The van der Waals surface area contributed by atoms with Crippen LogP contribution < -0.4 is 10.6 Å². The third-order valence-electron chi connectivity index (χ3n) is 3.39. The van der Waals surface area contributed by atoms with Crippen LogP contribution in [0.1, 0.15) is 62.4 Å². The number of nitrogens with zero attached hydrogens (tertiary/aromatic N) is 2. The summed E-state index contributed by atoms with van der Waals surface area (Å²) in [5, 5.41) is 6.33. The molecule has 0 radical (unpaired) electrons. The van der Waals surface area contributed by atoms with Crippen molar-refractivity contribution in [1.82, 2.24) is 20.6 Å². The van der Waals surface area contributed by atoms with E-state index >= 15 is 0 Å². The van der Waals surface area contributed by atoms with Crippen LogP contribution in [0.5, 0.6) is 0 Å². The Morgan fingerprint density at radius 2 is 1.68 bits per heavy atom. The Morgan fingerprint density at radius 1 is 1.00 bits per heavy atom. The molecule has 0 unspecified atom stereocenters. The molecule has 0 aliphatic rings. The van der Waals surface area contributed by atoms with Crippen LogP contribution in [0.3, 0.4) is 0 Å². The van der Waals surface area contributed by atoms with E-state index in [-0.39, 0.29) is 16.8 Å². The maximum absolute atomic E-state index is 11.8. The normalized spacial score (nSPS) is 10.6. The summed E-state index contributed by atoms with van der Waals surface area (Å²) in [5.74, 6) is -0.269. The summed E-state index contributed by atoms with van der Waals surface area (Å²) in [6.45, 7) is 4.80. The Labute approximate surface area is 138 Å². The second-order valence-corrected chi connectivity index (χ2v) is 5.68. The molecule has 1 rings (SSSR count). The molecule has 1 aromatic rings. The van der Waals surface area contributed by atoms with Crippen molar-refractivity contribution >= 4 is 17.5 Å². The molecule has 1 amide bonds. The monoisotopic (exact) mass is 326 g/mol. The number of rotatable bonds is 12. The van der Waals surface area contributed by atoms with Gasteiger partial charge in [0.15, 0.2) is 10.8 Å². The van der Waals surface area contributed by atoms with E-state index in [9.17, 15) is 4.79 Å². The number of hydrogen-bond donors (Lipinski definition) is 2. The lowest BCUT2D eigenvalue weighted by Crippen LogP contribution is -2.28. The number of carbonyl (C=O) groups is 1. The van der Waals surface area contributed by atoms with Gasteiger partial charge < -0.3 is 10.6 Å². The summed E-state index contributed by atoms with van der Waals surface area (Å²) in [5.41, 5.74) is 0.184. The molecule has 0 spiro atoms. The molecule has 0 aliphatic carbocycles. The smallest absolute Gasteiger partial charge is 0.273 e. The molecule has 0 aliphatic heterocycles. The molecule has 0 saturated carbocycles. The van der Waals surface area contributed by atoms with E-state index in [0.717, 1.165) is 19.5 Å². The molecular weight excluding hydrogens is 300 g/mol. The highest BCUT2D eigenvalue weighted by Gasteiger charge is 2.11. The molecule has 5 nitrogen and oxygen atoms in total. The third-order valence-corrected chi connectivity index (χ3v) is 3.67. The van der Waals surface area contributed by atoms with Crippen LogP contribution in [0.2, 0.25) is 5.15 Å². The lowest BCUT2D eigenvalue weighted by Gasteiger charge is -2.07. The minimum atomic E-state index is -0.269. The molecule has 6 heteroatoms. The fourth-order valence-electron chi connectivity index (χ4n) is 2.13. The molecular formula is C16H27ClN4O. The van der Waals surface area contributed by atoms with Crippen molar-refractivity contribution in [2.75, 3.05) is 19.6 Å². The summed E-state index contributed by atoms with van der Waals surface area (Å²) in [6.07, 6.45) is 11.7. The van der Waals surface area contributed by atoms with Crippen molar-refractivity contribution in [2.24, 2.45) is 0 Å². The standard InChI is InChI=1S/C16H27ClN4O/c1-2-3-4-5-6-7-9-18-10-8-11-21-16(22)14-15(17)20-13-12-19-14/h12-13,18H,2-11H2,1H3,(H,21,22). The SMILES string of the molecule is CCCCCCCCNCCCNC(=O)c1nccnc1Cl. The van der Waals surface area contributed by atoms with E-state index in [2.05, 4.69) is 27.5 Å². The number of unbranched alkanes of at least 4 members (excludes halogenated alkanes) is 5. The molecule has 2 N–H and O–H groups in total. The van der Waals surface area contributed by atoms with Crippen LogP contribution in [-0.2, 0) is 0 Å². The lowest BCUT2D eigenvalue weighted by atomic mass is 10.1. The first-order chi connectivity index (χ1) is 10.8. The van der Waals surface area contributed by atoms with Crippen LogP contribution in [-0.4, -0.2) is 35.5 Å². The van der Waals surface area contributed by atoms with Crippen LogP contribution in [0.25, 0.3) is 0 Å². The number of nitrogens with one attached hydrogen (secondary N) is 2. The van der Waals surface area contributed by atoms with Crippen molar-refractivity contribution in [2.45, 2.75) is 51.9 Å². The van der Waals surface area contributed by atoms with Crippen LogP contribution in [0, 0.1) is 0 Å². The Balaban J connectivity index is 1.95. The molecule has 0 saturated heterocycles. The van der Waals surface area contributed by atoms with Gasteiger partial charge in [-0.3, -0.25) is 4.79 Å². The zero-order chi connectivity index (χ0) is 16.0. The first kappa shape index (κ1) is 18.8. The maximum Gasteiger partial charge on any atom is 0.273 e. The average Bonchev–Trinajstić information content (AvgIpc) is 2.53. The Kier molecular flexibility index (Phi) is 10.6.